The summed E-state index contributed by atoms with van der Waals surface area (Å²) in [4.78, 5) is 6.86. The molecule has 3 nitrogen and oxygen atoms in total. The van der Waals surface area contributed by atoms with Gasteiger partial charge in [0.05, 0.1) is 16.4 Å². The van der Waals surface area contributed by atoms with Crippen molar-refractivity contribution in [3.63, 3.8) is 0 Å². The summed E-state index contributed by atoms with van der Waals surface area (Å²) in [6.07, 6.45) is 6.78. The number of nitrogens with two attached hydrogens (primary N) is 1. The highest BCUT2D eigenvalue weighted by Crippen LogP contribution is 2.31. The maximum atomic E-state index is 5.71. The van der Waals surface area contributed by atoms with E-state index >= 15 is 0 Å². The second-order valence-electron chi connectivity index (χ2n) is 4.33. The van der Waals surface area contributed by atoms with Crippen LogP contribution in [0, 0.1) is 0 Å². The molecule has 0 bridgehead atoms. The molecule has 2 N–H and O–H groups in total. The van der Waals surface area contributed by atoms with Crippen molar-refractivity contribution in [3.05, 3.63) is 16.7 Å². The van der Waals surface area contributed by atoms with Gasteiger partial charge >= 0.3 is 0 Å². The fourth-order valence-corrected chi connectivity index (χ4v) is 2.96. The maximum absolute atomic E-state index is 5.71. The predicted molar refractivity (Wildman–Crippen MR) is 71.6 cm³/mol. The van der Waals surface area contributed by atoms with Crippen molar-refractivity contribution in [1.82, 2.24) is 4.98 Å². The number of nitrogen functional groups attached to an aromatic ring is 1. The lowest BCUT2D eigenvalue weighted by Gasteiger charge is -2.36. The molecule has 1 aromatic heterocycles. The van der Waals surface area contributed by atoms with Gasteiger partial charge in [0.1, 0.15) is 5.82 Å². The van der Waals surface area contributed by atoms with E-state index in [4.69, 9.17) is 5.73 Å². The molecule has 1 unspecified atom stereocenters. The van der Waals surface area contributed by atoms with Gasteiger partial charge in [0.2, 0.25) is 0 Å². The highest BCUT2D eigenvalue weighted by molar-refractivity contribution is 9.10. The monoisotopic (exact) mass is 283 g/mol. The molecule has 88 valence electrons. The van der Waals surface area contributed by atoms with Crippen molar-refractivity contribution in [1.29, 1.82) is 0 Å². The molecule has 0 saturated carbocycles. The summed E-state index contributed by atoms with van der Waals surface area (Å²) in [6.45, 7) is 3.35. The van der Waals surface area contributed by atoms with E-state index in [0.29, 0.717) is 11.7 Å². The SMILES string of the molecule is CCC1CCCCN1c1ncc(N)cc1Br. The molecule has 2 rings (SSSR count). The Kier molecular flexibility index (Phi) is 3.69. The third kappa shape index (κ3) is 2.32. The van der Waals surface area contributed by atoms with Gasteiger partial charge in [-0.05, 0) is 47.7 Å². The van der Waals surface area contributed by atoms with Crippen molar-refractivity contribution < 1.29 is 0 Å². The Bertz CT molecular complexity index is 367. The largest absolute Gasteiger partial charge is 0.397 e. The summed E-state index contributed by atoms with van der Waals surface area (Å²) < 4.78 is 1.01. The van der Waals surface area contributed by atoms with Crippen LogP contribution < -0.4 is 10.6 Å². The minimum atomic E-state index is 0.626. The minimum Gasteiger partial charge on any atom is -0.397 e. The van der Waals surface area contributed by atoms with Gasteiger partial charge in [0, 0.05) is 12.6 Å². The molecule has 2 heterocycles. The van der Waals surface area contributed by atoms with E-state index in [9.17, 15) is 0 Å². The van der Waals surface area contributed by atoms with Crippen molar-refractivity contribution in [2.75, 3.05) is 17.2 Å². The number of halogens is 1. The second-order valence-corrected chi connectivity index (χ2v) is 5.18. The number of pyridine rings is 1. The Labute approximate surface area is 105 Å². The van der Waals surface area contributed by atoms with Gasteiger partial charge < -0.3 is 10.6 Å². The second kappa shape index (κ2) is 5.04. The van der Waals surface area contributed by atoms with Crippen molar-refractivity contribution in [2.24, 2.45) is 0 Å². The number of nitrogens with zero attached hydrogens (tertiary/aromatic N) is 2. The third-order valence-corrected chi connectivity index (χ3v) is 3.80. The quantitative estimate of drug-likeness (QED) is 0.906. The van der Waals surface area contributed by atoms with Crippen LogP contribution in [-0.2, 0) is 0 Å². The first-order valence-electron chi connectivity index (χ1n) is 5.90. The van der Waals surface area contributed by atoms with Gasteiger partial charge in [-0.25, -0.2) is 4.98 Å². The first-order chi connectivity index (χ1) is 7.72. The third-order valence-electron chi connectivity index (χ3n) is 3.21. The lowest BCUT2D eigenvalue weighted by molar-refractivity contribution is 0.446. The van der Waals surface area contributed by atoms with E-state index in [1.165, 1.54) is 25.7 Å². The predicted octanol–water partition coefficient (Wildman–Crippen LogP) is 3.20. The Morgan fingerprint density at radius 3 is 3.06 bits per heavy atom. The molecule has 0 amide bonds. The molecule has 0 aromatic carbocycles. The van der Waals surface area contributed by atoms with Crippen molar-refractivity contribution in [2.45, 2.75) is 38.6 Å². The van der Waals surface area contributed by atoms with Crippen LogP contribution in [0.1, 0.15) is 32.6 Å². The minimum absolute atomic E-state index is 0.626. The Balaban J connectivity index is 2.27. The van der Waals surface area contributed by atoms with E-state index in [0.717, 1.165) is 16.8 Å². The number of anilines is 2. The van der Waals surface area contributed by atoms with Crippen LogP contribution in [0.5, 0.6) is 0 Å². The molecule has 0 aliphatic carbocycles. The van der Waals surface area contributed by atoms with Crippen LogP contribution in [-0.4, -0.2) is 17.6 Å². The summed E-state index contributed by atoms with van der Waals surface area (Å²) in [5, 5.41) is 0. The number of aromatic nitrogens is 1. The fourth-order valence-electron chi connectivity index (χ4n) is 2.36. The zero-order chi connectivity index (χ0) is 11.5. The summed E-state index contributed by atoms with van der Waals surface area (Å²) in [6, 6.07) is 2.56. The van der Waals surface area contributed by atoms with Gasteiger partial charge in [-0.15, -0.1) is 0 Å². The standard InChI is InChI=1S/C12H18BrN3/c1-2-10-5-3-4-6-16(10)12-11(13)7-9(14)8-15-12/h7-8,10H,2-6,14H2,1H3. The molecule has 0 spiro atoms. The Hall–Kier alpha value is -0.770. The molecule has 1 atom stereocenters. The summed E-state index contributed by atoms with van der Waals surface area (Å²) in [5.74, 6) is 1.04. The zero-order valence-corrected chi connectivity index (χ0v) is 11.2. The molecule has 4 heteroatoms. The first kappa shape index (κ1) is 11.7. The number of rotatable bonds is 2. The maximum Gasteiger partial charge on any atom is 0.143 e. The van der Waals surface area contributed by atoms with Crippen molar-refractivity contribution in [3.8, 4) is 0 Å². The van der Waals surface area contributed by atoms with E-state index in [2.05, 4.69) is 32.7 Å². The number of hydrogen-bond acceptors (Lipinski definition) is 3. The molecule has 1 saturated heterocycles. The number of piperidine rings is 1. The van der Waals surface area contributed by atoms with Crippen LogP contribution in [0.15, 0.2) is 16.7 Å². The van der Waals surface area contributed by atoms with Crippen LogP contribution in [0.3, 0.4) is 0 Å². The van der Waals surface area contributed by atoms with Crippen molar-refractivity contribution >= 4 is 27.4 Å². The van der Waals surface area contributed by atoms with E-state index in [1.807, 2.05) is 6.07 Å². The van der Waals surface area contributed by atoms with Gasteiger partial charge in [0.25, 0.3) is 0 Å². The molecule has 1 aliphatic heterocycles. The highest BCUT2D eigenvalue weighted by atomic mass is 79.9. The Morgan fingerprint density at radius 1 is 1.56 bits per heavy atom. The molecule has 1 aliphatic rings. The van der Waals surface area contributed by atoms with Gasteiger partial charge in [-0.2, -0.15) is 0 Å². The topological polar surface area (TPSA) is 42.2 Å². The van der Waals surface area contributed by atoms with Gasteiger partial charge in [-0.1, -0.05) is 6.92 Å². The van der Waals surface area contributed by atoms with Crippen LogP contribution in [0.2, 0.25) is 0 Å². The average molecular weight is 284 g/mol. The van der Waals surface area contributed by atoms with Crippen LogP contribution in [0.4, 0.5) is 11.5 Å². The molecular weight excluding hydrogens is 266 g/mol. The van der Waals surface area contributed by atoms with E-state index in [-0.39, 0.29) is 0 Å². The van der Waals surface area contributed by atoms with Gasteiger partial charge in [-0.3, -0.25) is 0 Å². The highest BCUT2D eigenvalue weighted by Gasteiger charge is 2.23. The summed E-state index contributed by atoms with van der Waals surface area (Å²) in [7, 11) is 0. The van der Waals surface area contributed by atoms with E-state index in [1.54, 1.807) is 6.20 Å². The van der Waals surface area contributed by atoms with Crippen LogP contribution >= 0.6 is 15.9 Å². The molecular formula is C12H18BrN3. The molecule has 0 radical (unpaired) electrons. The lowest BCUT2D eigenvalue weighted by atomic mass is 10.00. The van der Waals surface area contributed by atoms with E-state index < -0.39 is 0 Å². The zero-order valence-electron chi connectivity index (χ0n) is 9.62. The molecule has 16 heavy (non-hydrogen) atoms. The smallest absolute Gasteiger partial charge is 0.143 e. The summed E-state index contributed by atoms with van der Waals surface area (Å²) in [5.41, 5.74) is 6.42. The lowest BCUT2D eigenvalue weighted by Crippen LogP contribution is -2.39. The average Bonchev–Trinajstić information content (AvgIpc) is 2.29. The number of hydrogen-bond donors (Lipinski definition) is 1. The Morgan fingerprint density at radius 2 is 2.38 bits per heavy atom. The first-order valence-corrected chi connectivity index (χ1v) is 6.69. The fraction of sp³-hybridized carbons (Fsp3) is 0.583. The molecule has 1 fully saturated rings. The van der Waals surface area contributed by atoms with Gasteiger partial charge in [0.15, 0.2) is 0 Å². The normalized spacial score (nSPS) is 21.1. The summed E-state index contributed by atoms with van der Waals surface area (Å²) >= 11 is 3.56. The van der Waals surface area contributed by atoms with Crippen LogP contribution in [0.25, 0.3) is 0 Å². The molecule has 1 aromatic rings.